The Morgan fingerprint density at radius 1 is 0.236 bits per heavy atom. The summed E-state index contributed by atoms with van der Waals surface area (Å²) in [5.74, 6) is 4.70. The molecule has 0 radical (unpaired) electrons. The van der Waals surface area contributed by atoms with Gasteiger partial charge in [0.2, 0.25) is 0 Å². The average molecular weight is 1010 g/mol. The van der Waals surface area contributed by atoms with Gasteiger partial charge in [-0.3, -0.25) is 9.80 Å². The molecule has 0 aromatic rings. The first-order chi connectivity index (χ1) is 35.6. The van der Waals surface area contributed by atoms with Crippen molar-refractivity contribution in [2.24, 2.45) is 35.5 Å². The number of nitrogens with zero attached hydrogens (tertiary/aromatic N) is 2. The Labute approximate surface area is 439 Å². The third kappa shape index (κ3) is 16.6. The van der Waals surface area contributed by atoms with E-state index in [-0.39, 0.29) is 25.2 Å². The van der Waals surface area contributed by atoms with Crippen LogP contribution in [0, 0.1) is 35.5 Å². The van der Waals surface area contributed by atoms with Crippen molar-refractivity contribution in [3.05, 3.63) is 0 Å². The fraction of sp³-hybridized carbons (Fsp3) is 1.00. The summed E-state index contributed by atoms with van der Waals surface area (Å²) >= 11 is 0. The second kappa shape index (κ2) is 29.5. The van der Waals surface area contributed by atoms with Crippen LogP contribution in [-0.4, -0.2) is 124 Å². The summed E-state index contributed by atoms with van der Waals surface area (Å²) in [4.78, 5) is 6.37. The highest BCUT2D eigenvalue weighted by Crippen LogP contribution is 2.44. The SMILES string of the molecule is C1CCC(OCC2CCC(N(C3CCC(CCC4CCC(N(C5CCC(COC6CCCCO6)CC5)C5CCC(COC6CCCCO6)CC5)CC4)CC3)C3CCC(COC4CCCCO4)CC3)CC2)OC1. The zero-order valence-corrected chi connectivity index (χ0v) is 45.9. The highest BCUT2D eigenvalue weighted by molar-refractivity contribution is 4.95. The molecule has 4 atom stereocenters. The molecule has 0 aromatic carbocycles. The maximum atomic E-state index is 6.35. The lowest BCUT2D eigenvalue weighted by atomic mass is 9.75. The van der Waals surface area contributed by atoms with Crippen molar-refractivity contribution in [2.75, 3.05) is 52.9 Å². The summed E-state index contributed by atoms with van der Waals surface area (Å²) in [6.45, 7) is 7.12. The van der Waals surface area contributed by atoms with E-state index in [1.165, 1.54) is 218 Å². The van der Waals surface area contributed by atoms with Crippen LogP contribution in [0.25, 0.3) is 0 Å². The molecule has 10 fully saturated rings. The Morgan fingerprint density at radius 2 is 0.444 bits per heavy atom. The summed E-state index contributed by atoms with van der Waals surface area (Å²) in [6, 6.07) is 4.60. The summed E-state index contributed by atoms with van der Waals surface area (Å²) in [5.41, 5.74) is 0. The van der Waals surface area contributed by atoms with Gasteiger partial charge in [-0.15, -0.1) is 0 Å². The molecule has 0 bridgehead atoms. The molecule has 0 N–H and O–H groups in total. The van der Waals surface area contributed by atoms with E-state index >= 15 is 0 Å². The van der Waals surface area contributed by atoms with E-state index in [2.05, 4.69) is 9.80 Å². The summed E-state index contributed by atoms with van der Waals surface area (Å²) in [6.07, 6.45) is 50.3. The van der Waals surface area contributed by atoms with Gasteiger partial charge in [-0.2, -0.15) is 0 Å². The van der Waals surface area contributed by atoms with Gasteiger partial charge in [-0.25, -0.2) is 0 Å². The second-order valence-corrected chi connectivity index (χ2v) is 26.0. The maximum Gasteiger partial charge on any atom is 0.157 e. The normalized spacial score (nSPS) is 41.1. The molecule has 4 unspecified atom stereocenters. The van der Waals surface area contributed by atoms with E-state index in [0.29, 0.717) is 23.7 Å². The molecule has 10 heteroatoms. The number of hydrogen-bond acceptors (Lipinski definition) is 10. The Balaban J connectivity index is 0.682. The topological polar surface area (TPSA) is 80.3 Å². The van der Waals surface area contributed by atoms with Crippen LogP contribution in [-0.2, 0) is 37.9 Å². The van der Waals surface area contributed by atoms with E-state index in [0.717, 1.165) is 127 Å². The van der Waals surface area contributed by atoms with Gasteiger partial charge in [-0.05, 0) is 267 Å². The Hall–Kier alpha value is -0.400. The third-order valence-corrected chi connectivity index (χ3v) is 21.0. The molecule has 4 saturated heterocycles. The van der Waals surface area contributed by atoms with E-state index < -0.39 is 0 Å². The van der Waals surface area contributed by atoms with Crippen LogP contribution >= 0.6 is 0 Å². The molecule has 6 saturated carbocycles. The molecule has 10 rings (SSSR count). The lowest BCUT2D eigenvalue weighted by molar-refractivity contribution is -0.172. The van der Waals surface area contributed by atoms with Crippen LogP contribution in [0.3, 0.4) is 0 Å². The molecule has 4 aliphatic heterocycles. The predicted octanol–water partition coefficient (Wildman–Crippen LogP) is 13.9. The Bertz CT molecular complexity index is 1240. The fourth-order valence-electron chi connectivity index (χ4n) is 16.5. The van der Waals surface area contributed by atoms with Crippen molar-refractivity contribution in [1.29, 1.82) is 0 Å². The molecule has 0 aromatic heterocycles. The smallest absolute Gasteiger partial charge is 0.157 e. The zero-order valence-electron chi connectivity index (χ0n) is 45.9. The monoisotopic (exact) mass is 1010 g/mol. The van der Waals surface area contributed by atoms with E-state index in [4.69, 9.17) is 37.9 Å². The lowest BCUT2D eigenvalue weighted by Gasteiger charge is -2.50. The van der Waals surface area contributed by atoms with E-state index in [1.54, 1.807) is 0 Å². The Morgan fingerprint density at radius 3 is 0.639 bits per heavy atom. The quantitative estimate of drug-likeness (QED) is 0.111. The van der Waals surface area contributed by atoms with Gasteiger partial charge in [0.25, 0.3) is 0 Å². The minimum Gasteiger partial charge on any atom is -0.353 e. The van der Waals surface area contributed by atoms with Crippen LogP contribution in [0.15, 0.2) is 0 Å². The standard InChI is InChI=1S/C62H108N2O8/c1-5-39-65-59(9-1)69-43-49-19-31-55(32-20-49)63(56-33-21-50(22-34-56)44-70-60-10-2-6-40-66-60)53-27-15-47(16-28-53)13-14-48-17-29-54(30-18-48)64(57-35-23-51(24-36-57)45-71-61-11-3-7-41-67-61)58-37-25-52(26-38-58)46-72-62-12-4-8-42-68-62/h47-62H,1-46H2. The molecule has 10 nitrogen and oxygen atoms in total. The lowest BCUT2D eigenvalue weighted by Crippen LogP contribution is -2.53. The van der Waals surface area contributed by atoms with Crippen LogP contribution in [0.4, 0.5) is 0 Å². The van der Waals surface area contributed by atoms with Crippen molar-refractivity contribution in [3.8, 4) is 0 Å². The highest BCUT2D eigenvalue weighted by Gasteiger charge is 2.41. The van der Waals surface area contributed by atoms with Crippen LogP contribution in [0.2, 0.25) is 0 Å². The largest absolute Gasteiger partial charge is 0.353 e. The van der Waals surface area contributed by atoms with Gasteiger partial charge in [0.1, 0.15) is 0 Å². The Kier molecular flexibility index (Phi) is 22.5. The van der Waals surface area contributed by atoms with Gasteiger partial charge in [0, 0.05) is 62.7 Å². The molecule has 4 heterocycles. The summed E-state index contributed by atoms with van der Waals surface area (Å²) < 4.78 is 49.2. The molecule has 10 aliphatic rings. The zero-order chi connectivity index (χ0) is 48.6. The van der Waals surface area contributed by atoms with Gasteiger partial charge < -0.3 is 37.9 Å². The van der Waals surface area contributed by atoms with Crippen molar-refractivity contribution in [2.45, 2.75) is 305 Å². The van der Waals surface area contributed by atoms with Crippen molar-refractivity contribution >= 4 is 0 Å². The molecule has 0 amide bonds. The first kappa shape index (κ1) is 54.9. The minimum absolute atomic E-state index is 0.0502. The molecular formula is C62H108N2O8. The van der Waals surface area contributed by atoms with Crippen molar-refractivity contribution in [3.63, 3.8) is 0 Å². The van der Waals surface area contributed by atoms with Crippen LogP contribution in [0.5, 0.6) is 0 Å². The fourth-order valence-corrected chi connectivity index (χ4v) is 16.5. The summed E-state index contributed by atoms with van der Waals surface area (Å²) in [7, 11) is 0. The van der Waals surface area contributed by atoms with Crippen molar-refractivity contribution < 1.29 is 37.9 Å². The summed E-state index contributed by atoms with van der Waals surface area (Å²) in [5, 5.41) is 0. The molecule has 0 spiro atoms. The van der Waals surface area contributed by atoms with Crippen LogP contribution in [0.1, 0.15) is 244 Å². The first-order valence-corrected chi connectivity index (χ1v) is 32.1. The van der Waals surface area contributed by atoms with E-state index in [9.17, 15) is 0 Å². The van der Waals surface area contributed by atoms with Crippen LogP contribution < -0.4 is 0 Å². The molecule has 6 aliphatic carbocycles. The average Bonchev–Trinajstić information content (AvgIpc) is 3.45. The van der Waals surface area contributed by atoms with Crippen molar-refractivity contribution in [1.82, 2.24) is 9.80 Å². The van der Waals surface area contributed by atoms with Gasteiger partial charge in [-0.1, -0.05) is 12.8 Å². The number of rotatable bonds is 21. The van der Waals surface area contributed by atoms with Gasteiger partial charge in [0.15, 0.2) is 25.2 Å². The number of ether oxygens (including phenoxy) is 8. The highest BCUT2D eigenvalue weighted by atomic mass is 16.7. The second-order valence-electron chi connectivity index (χ2n) is 26.0. The van der Waals surface area contributed by atoms with Gasteiger partial charge >= 0.3 is 0 Å². The molecule has 414 valence electrons. The van der Waals surface area contributed by atoms with Gasteiger partial charge in [0.05, 0.1) is 26.4 Å². The first-order valence-electron chi connectivity index (χ1n) is 32.1. The number of hydrogen-bond donors (Lipinski definition) is 0. The van der Waals surface area contributed by atoms with E-state index in [1.807, 2.05) is 0 Å². The minimum atomic E-state index is 0.0502. The maximum absolute atomic E-state index is 6.35. The third-order valence-electron chi connectivity index (χ3n) is 21.0. The molecular weight excluding hydrogens is 901 g/mol. The molecule has 72 heavy (non-hydrogen) atoms. The predicted molar refractivity (Wildman–Crippen MR) is 286 cm³/mol.